The first kappa shape index (κ1) is 30.9. The molecule has 0 N–H and O–H groups in total. The van der Waals surface area contributed by atoms with E-state index in [-0.39, 0.29) is 0 Å². The first-order valence-corrected chi connectivity index (χ1v) is 34.0. The molecule has 231 valence electrons. The van der Waals surface area contributed by atoms with E-state index in [1.807, 2.05) is 0 Å². The number of aryl methyl sites for hydroxylation is 2. The van der Waals surface area contributed by atoms with Crippen molar-refractivity contribution in [2.75, 3.05) is 0 Å². The van der Waals surface area contributed by atoms with Crippen molar-refractivity contribution in [2.45, 2.75) is 55.5 Å². The van der Waals surface area contributed by atoms with Gasteiger partial charge in [0.15, 0.2) is 0 Å². The molecule has 1 heteroatoms. The van der Waals surface area contributed by atoms with Gasteiger partial charge in [-0.15, -0.1) is 0 Å². The third kappa shape index (κ3) is 4.77. The van der Waals surface area contributed by atoms with Crippen molar-refractivity contribution in [1.29, 1.82) is 0 Å². The first-order chi connectivity index (χ1) is 21.9. The molecule has 0 saturated carbocycles. The average Bonchev–Trinajstić information content (AvgIpc) is 3.71. The Morgan fingerprint density at radius 1 is 0.500 bits per heavy atom. The molecule has 2 atom stereocenters. The van der Waals surface area contributed by atoms with E-state index >= 15 is 0 Å². The average molecular weight is 766 g/mol. The van der Waals surface area contributed by atoms with Crippen molar-refractivity contribution in [3.63, 3.8) is 0 Å². The van der Waals surface area contributed by atoms with Crippen LogP contribution in [-0.4, -0.2) is 3.76 Å². The Hall–Kier alpha value is -3.68. The van der Waals surface area contributed by atoms with E-state index < -0.39 is 16.5 Å². The van der Waals surface area contributed by atoms with E-state index in [4.69, 9.17) is 0 Å². The SMILES string of the molecule is Cc1cccc(-c2cccc3c2C=C[CH]3[Hf]([CH3])([CH3])([CH3])(=[CH]Cc2ccccc2)[CH]2C=Cc3c(-c4cccc(C)c4C)cccc32)c1C. The molecule has 0 amide bonds. The van der Waals surface area contributed by atoms with E-state index in [1.165, 1.54) is 72.3 Å². The van der Waals surface area contributed by atoms with E-state index in [1.54, 1.807) is 0 Å². The van der Waals surface area contributed by atoms with Gasteiger partial charge in [0.2, 0.25) is 0 Å². The maximum atomic E-state index is 2.87. The van der Waals surface area contributed by atoms with Gasteiger partial charge in [-0.1, -0.05) is 0 Å². The van der Waals surface area contributed by atoms with Crippen LogP contribution in [0.5, 0.6) is 0 Å². The summed E-state index contributed by atoms with van der Waals surface area (Å²) in [6.45, 7) is 9.00. The Kier molecular flexibility index (Phi) is 7.18. The fourth-order valence-corrected chi connectivity index (χ4v) is 33.6. The normalized spacial score (nSPS) is 18.2. The van der Waals surface area contributed by atoms with Crippen molar-refractivity contribution < 1.29 is 16.5 Å². The summed E-state index contributed by atoms with van der Waals surface area (Å²) in [6.07, 6.45) is 11.1. The van der Waals surface area contributed by atoms with Gasteiger partial charge in [0.1, 0.15) is 0 Å². The fraction of sp³-hybridized carbons (Fsp3) is 0.222. The second-order valence-electron chi connectivity index (χ2n) is 16.3. The van der Waals surface area contributed by atoms with Crippen molar-refractivity contribution >= 4 is 15.9 Å². The van der Waals surface area contributed by atoms with Gasteiger partial charge in [0, 0.05) is 0 Å². The molecule has 5 aromatic carbocycles. The van der Waals surface area contributed by atoms with Crippen LogP contribution < -0.4 is 0 Å². The summed E-state index contributed by atoms with van der Waals surface area (Å²) in [5.41, 5.74) is 18.1. The van der Waals surface area contributed by atoms with Crippen LogP contribution in [0.1, 0.15) is 57.4 Å². The van der Waals surface area contributed by atoms with Gasteiger partial charge in [0.05, 0.1) is 0 Å². The summed E-state index contributed by atoms with van der Waals surface area (Å²) < 4.78 is 11.9. The molecule has 0 saturated heterocycles. The Morgan fingerprint density at radius 3 is 1.41 bits per heavy atom. The van der Waals surface area contributed by atoms with Crippen LogP contribution >= 0.6 is 0 Å². The van der Waals surface area contributed by atoms with Crippen LogP contribution in [0.25, 0.3) is 34.4 Å². The molecule has 5 aromatic rings. The molecule has 0 fully saturated rings. The van der Waals surface area contributed by atoms with E-state index in [0.29, 0.717) is 7.35 Å². The van der Waals surface area contributed by atoms with Crippen LogP contribution in [0.15, 0.2) is 115 Å². The third-order valence-corrected chi connectivity index (χ3v) is 41.3. The summed E-state index contributed by atoms with van der Waals surface area (Å²) in [4.78, 5) is 0. The van der Waals surface area contributed by atoms with Gasteiger partial charge >= 0.3 is 276 Å². The first-order valence-electron chi connectivity index (χ1n) is 17.0. The molecule has 2 unspecified atom stereocenters. The standard InChI is InChI=1S/2C17H15.C8H8.3CH3.Hf/c2*1-12-6-3-9-15(13(12)2)17-11-5-8-14-7-4-10-16(14)17;1-2-8-6-4-3-5-7-8;;;;/h2*3-11H,1-2H3;1,3-7H,2H2;3*1H3;. The molecular formula is C45H47Hf. The second kappa shape index (κ2) is 10.7. The number of allylic oxidation sites excluding steroid dienone is 2. The van der Waals surface area contributed by atoms with E-state index in [9.17, 15) is 0 Å². The minimum atomic E-state index is -4.70. The molecule has 2 aliphatic carbocycles. The number of rotatable bonds is 6. The molecule has 0 radical (unpaired) electrons. The summed E-state index contributed by atoms with van der Waals surface area (Å²) in [6, 6.07) is 38.7. The van der Waals surface area contributed by atoms with E-state index in [0.717, 1.165) is 6.42 Å². The molecule has 2 aliphatic rings. The molecule has 0 nitrogen and oxygen atoms in total. The molecular weight excluding hydrogens is 719 g/mol. The zero-order valence-electron chi connectivity index (χ0n) is 28.6. The summed E-state index contributed by atoms with van der Waals surface area (Å²) in [7, 11) is 0. The number of fused-ring (bicyclic) bond motifs is 2. The molecule has 0 spiro atoms. The topological polar surface area (TPSA) is 0 Å². The zero-order chi connectivity index (χ0) is 32.3. The Morgan fingerprint density at radius 2 is 0.935 bits per heavy atom. The fourth-order valence-electron chi connectivity index (χ4n) is 8.92. The number of hydrogen-bond acceptors (Lipinski definition) is 0. The van der Waals surface area contributed by atoms with Crippen LogP contribution in [0.2, 0.25) is 14.0 Å². The monoisotopic (exact) mass is 767 g/mol. The summed E-state index contributed by atoms with van der Waals surface area (Å²) in [5.74, 6) is 0. The zero-order valence-corrected chi connectivity index (χ0v) is 32.2. The van der Waals surface area contributed by atoms with Crippen LogP contribution in [0.4, 0.5) is 0 Å². The van der Waals surface area contributed by atoms with Gasteiger partial charge in [-0.2, -0.15) is 0 Å². The molecule has 46 heavy (non-hydrogen) atoms. The van der Waals surface area contributed by atoms with Crippen molar-refractivity contribution in [3.8, 4) is 22.3 Å². The molecule has 0 bridgehead atoms. The van der Waals surface area contributed by atoms with Crippen molar-refractivity contribution in [1.82, 2.24) is 0 Å². The predicted molar refractivity (Wildman–Crippen MR) is 200 cm³/mol. The molecule has 0 heterocycles. The van der Waals surface area contributed by atoms with Crippen LogP contribution in [-0.2, 0) is 23.0 Å². The van der Waals surface area contributed by atoms with Gasteiger partial charge < -0.3 is 0 Å². The molecule has 0 aliphatic heterocycles. The van der Waals surface area contributed by atoms with Crippen LogP contribution in [0, 0.1) is 27.7 Å². The Balaban J connectivity index is 1.46. The van der Waals surface area contributed by atoms with Gasteiger partial charge in [-0.3, -0.25) is 0 Å². The Bertz CT molecular complexity index is 2040. The number of benzene rings is 5. The maximum absolute atomic E-state index is 4.70. The van der Waals surface area contributed by atoms with E-state index in [2.05, 4.69) is 173 Å². The quantitative estimate of drug-likeness (QED) is 0.151. The number of hydrogen-bond donors (Lipinski definition) is 0. The summed E-state index contributed by atoms with van der Waals surface area (Å²) in [5, 5.41) is 0. The van der Waals surface area contributed by atoms with Gasteiger partial charge in [-0.25, -0.2) is 0 Å². The predicted octanol–water partition coefficient (Wildman–Crippen LogP) is 12.5. The third-order valence-electron chi connectivity index (χ3n) is 12.3. The van der Waals surface area contributed by atoms with Gasteiger partial charge in [-0.05, 0) is 0 Å². The van der Waals surface area contributed by atoms with Crippen LogP contribution in [0.3, 0.4) is 0 Å². The Labute approximate surface area is 273 Å². The molecule has 7 rings (SSSR count). The molecule has 0 aromatic heterocycles. The van der Waals surface area contributed by atoms with Gasteiger partial charge in [0.25, 0.3) is 0 Å². The van der Waals surface area contributed by atoms with Crippen molar-refractivity contribution in [3.05, 3.63) is 165 Å². The minimum absolute atomic E-state index is 0.365. The summed E-state index contributed by atoms with van der Waals surface area (Å²) >= 11 is -4.70. The van der Waals surface area contributed by atoms with Crippen molar-refractivity contribution in [2.24, 2.45) is 0 Å². The second-order valence-corrected chi connectivity index (χ2v) is 55.3.